The molecule has 158 valence electrons. The van der Waals surface area contributed by atoms with Gasteiger partial charge >= 0.3 is 5.97 Å². The molecule has 2 aromatic carbocycles. The number of benzene rings is 2. The third kappa shape index (κ3) is 3.41. The Morgan fingerprint density at radius 2 is 1.71 bits per heavy atom. The van der Waals surface area contributed by atoms with Crippen LogP contribution in [0.5, 0.6) is 11.5 Å². The number of anilines is 1. The second-order valence-electron chi connectivity index (χ2n) is 8.15. The second kappa shape index (κ2) is 7.85. The van der Waals surface area contributed by atoms with Crippen molar-refractivity contribution >= 4 is 28.2 Å². The van der Waals surface area contributed by atoms with Crippen molar-refractivity contribution in [2.75, 3.05) is 12.4 Å². The maximum absolute atomic E-state index is 13.6. The predicted octanol–water partition coefficient (Wildman–Crippen LogP) is 5.54. The van der Waals surface area contributed by atoms with Crippen molar-refractivity contribution in [3.05, 3.63) is 75.7 Å². The highest BCUT2D eigenvalue weighted by Gasteiger charge is 2.35. The number of esters is 1. The van der Waals surface area contributed by atoms with Gasteiger partial charge in [-0.25, -0.2) is 4.79 Å². The highest BCUT2D eigenvalue weighted by molar-refractivity contribution is 7.17. The maximum Gasteiger partial charge on any atom is 0.341 e. The summed E-state index contributed by atoms with van der Waals surface area (Å²) >= 11 is 1.50. The van der Waals surface area contributed by atoms with Gasteiger partial charge in [0, 0.05) is 16.0 Å². The molecule has 5 rings (SSSR count). The summed E-state index contributed by atoms with van der Waals surface area (Å²) in [6, 6.07) is 15.2. The van der Waals surface area contributed by atoms with Crippen LogP contribution in [0.1, 0.15) is 51.2 Å². The lowest BCUT2D eigenvalue weighted by atomic mass is 9.87. The molecule has 1 N–H and O–H groups in total. The number of fused-ring (bicyclic) bond motifs is 3. The van der Waals surface area contributed by atoms with Gasteiger partial charge in [0.1, 0.15) is 16.5 Å². The molecule has 0 saturated carbocycles. The number of methoxy groups -OCH3 is 1. The normalized spacial score (nSPS) is 17.0. The zero-order chi connectivity index (χ0) is 21.5. The highest BCUT2D eigenvalue weighted by Crippen LogP contribution is 2.45. The molecule has 1 aliphatic heterocycles. The summed E-state index contributed by atoms with van der Waals surface area (Å²) in [5, 5.41) is 3.65. The quantitative estimate of drug-likeness (QED) is 0.551. The summed E-state index contributed by atoms with van der Waals surface area (Å²) in [5.41, 5.74) is 3.16. The molecule has 1 atom stereocenters. The second-order valence-corrected chi connectivity index (χ2v) is 9.25. The van der Waals surface area contributed by atoms with E-state index in [-0.39, 0.29) is 5.91 Å². The summed E-state index contributed by atoms with van der Waals surface area (Å²) in [6.07, 6.45) is 2.78. The molecule has 0 unspecified atom stereocenters. The summed E-state index contributed by atoms with van der Waals surface area (Å²) in [4.78, 5) is 27.4. The van der Waals surface area contributed by atoms with Crippen molar-refractivity contribution in [3.63, 3.8) is 0 Å². The van der Waals surface area contributed by atoms with E-state index in [1.807, 2.05) is 48.5 Å². The number of nitrogens with one attached hydrogen (secondary N) is 1. The molecule has 3 aromatic rings. The number of carbonyl (C=O) groups is 2. The molecule has 1 aliphatic carbocycles. The minimum absolute atomic E-state index is 0.181. The van der Waals surface area contributed by atoms with Crippen molar-refractivity contribution in [1.29, 1.82) is 0 Å². The summed E-state index contributed by atoms with van der Waals surface area (Å²) in [6.45, 7) is 2.22. The Hall–Kier alpha value is -3.12. The van der Waals surface area contributed by atoms with Crippen molar-refractivity contribution in [2.24, 2.45) is 5.92 Å². The monoisotopic (exact) mass is 433 g/mol. The minimum Gasteiger partial charge on any atom is -0.465 e. The number of ether oxygens (including phenoxy) is 2. The van der Waals surface area contributed by atoms with Gasteiger partial charge in [-0.2, -0.15) is 0 Å². The van der Waals surface area contributed by atoms with E-state index in [9.17, 15) is 9.59 Å². The molecule has 0 saturated heterocycles. The summed E-state index contributed by atoms with van der Waals surface area (Å²) in [5.74, 6) is 0.817. The van der Waals surface area contributed by atoms with E-state index >= 15 is 0 Å². The number of hydrogen-bond donors (Lipinski definition) is 1. The molecule has 6 heteroatoms. The number of para-hydroxylation sites is 2. The minimum atomic E-state index is -0.523. The average molecular weight is 434 g/mol. The molecular formula is C25H23NO4S. The standard InChI is InChI=1S/C25H23NO4S/c1-14-11-12-17-20(13-14)31-24(22(17)25(28)29-2)26-23(27)21-15-7-3-5-9-18(15)30-19-10-6-4-8-16(19)21/h3-10,14,21H,11-13H2,1-2H3,(H,26,27)/t14-/m1/s1. The maximum atomic E-state index is 13.6. The third-order valence-corrected chi connectivity index (χ3v) is 7.25. The van der Waals surface area contributed by atoms with E-state index in [1.165, 1.54) is 23.3 Å². The van der Waals surface area contributed by atoms with Crippen molar-refractivity contribution in [1.82, 2.24) is 0 Å². The van der Waals surface area contributed by atoms with E-state index in [0.29, 0.717) is 28.0 Å². The van der Waals surface area contributed by atoms with Crippen LogP contribution in [0.3, 0.4) is 0 Å². The van der Waals surface area contributed by atoms with E-state index in [2.05, 4.69) is 12.2 Å². The van der Waals surface area contributed by atoms with Crippen LogP contribution in [0, 0.1) is 5.92 Å². The smallest absolute Gasteiger partial charge is 0.341 e. The van der Waals surface area contributed by atoms with Crippen LogP contribution in [-0.4, -0.2) is 19.0 Å². The van der Waals surface area contributed by atoms with Crippen LogP contribution in [-0.2, 0) is 22.4 Å². The van der Waals surface area contributed by atoms with E-state index in [0.717, 1.165) is 36.0 Å². The number of carbonyl (C=O) groups excluding carboxylic acids is 2. The van der Waals surface area contributed by atoms with Crippen LogP contribution in [0.15, 0.2) is 48.5 Å². The molecular weight excluding hydrogens is 410 g/mol. The van der Waals surface area contributed by atoms with Crippen LogP contribution in [0.2, 0.25) is 0 Å². The van der Waals surface area contributed by atoms with Gasteiger partial charge in [0.2, 0.25) is 5.91 Å². The molecule has 1 aromatic heterocycles. The molecule has 1 amide bonds. The van der Waals surface area contributed by atoms with Gasteiger partial charge in [0.15, 0.2) is 0 Å². The average Bonchev–Trinajstić information content (AvgIpc) is 3.13. The third-order valence-electron chi connectivity index (χ3n) is 6.08. The Morgan fingerprint density at radius 3 is 2.35 bits per heavy atom. The van der Waals surface area contributed by atoms with Gasteiger partial charge in [0.05, 0.1) is 18.6 Å². The van der Waals surface area contributed by atoms with Gasteiger partial charge in [-0.05, 0) is 42.9 Å². The van der Waals surface area contributed by atoms with Crippen molar-refractivity contribution in [2.45, 2.75) is 32.1 Å². The molecule has 31 heavy (non-hydrogen) atoms. The largest absolute Gasteiger partial charge is 0.465 e. The summed E-state index contributed by atoms with van der Waals surface area (Å²) in [7, 11) is 1.38. The van der Waals surface area contributed by atoms with E-state index in [4.69, 9.17) is 9.47 Å². The Balaban J connectivity index is 1.55. The lowest BCUT2D eigenvalue weighted by Gasteiger charge is -2.27. The fraction of sp³-hybridized carbons (Fsp3) is 0.280. The molecule has 0 bridgehead atoms. The highest BCUT2D eigenvalue weighted by atomic mass is 32.1. The van der Waals surface area contributed by atoms with Crippen molar-refractivity contribution in [3.8, 4) is 11.5 Å². The fourth-order valence-corrected chi connectivity index (χ4v) is 5.94. The van der Waals surface area contributed by atoms with Gasteiger partial charge in [-0.15, -0.1) is 11.3 Å². The molecule has 0 fully saturated rings. The SMILES string of the molecule is COC(=O)c1c(NC(=O)C2c3ccccc3Oc3ccccc32)sc2c1CC[C@@H](C)C2. The van der Waals surface area contributed by atoms with E-state index in [1.54, 1.807) is 0 Å². The Bertz CT molecular complexity index is 1140. The van der Waals surface area contributed by atoms with Crippen LogP contribution < -0.4 is 10.1 Å². The Kier molecular flexibility index (Phi) is 5.02. The van der Waals surface area contributed by atoms with Crippen molar-refractivity contribution < 1.29 is 19.1 Å². The first-order valence-electron chi connectivity index (χ1n) is 10.5. The first-order valence-corrected chi connectivity index (χ1v) is 11.3. The van der Waals surface area contributed by atoms with Gasteiger partial charge in [-0.3, -0.25) is 4.79 Å². The molecule has 2 heterocycles. The fourth-order valence-electron chi connectivity index (χ4n) is 4.53. The number of hydrogen-bond acceptors (Lipinski definition) is 5. The number of rotatable bonds is 3. The van der Waals surface area contributed by atoms with E-state index < -0.39 is 11.9 Å². The Labute approximate surface area is 185 Å². The van der Waals surface area contributed by atoms with Gasteiger partial charge < -0.3 is 14.8 Å². The molecule has 5 nitrogen and oxygen atoms in total. The number of thiophene rings is 1. The first kappa shape index (κ1) is 19.8. The number of amides is 1. The zero-order valence-corrected chi connectivity index (χ0v) is 18.3. The molecule has 0 spiro atoms. The lowest BCUT2D eigenvalue weighted by Crippen LogP contribution is -2.25. The van der Waals surface area contributed by atoms with Crippen LogP contribution in [0.4, 0.5) is 5.00 Å². The summed E-state index contributed by atoms with van der Waals surface area (Å²) < 4.78 is 11.1. The molecule has 2 aliphatic rings. The zero-order valence-electron chi connectivity index (χ0n) is 17.4. The Morgan fingerprint density at radius 1 is 1.06 bits per heavy atom. The topological polar surface area (TPSA) is 64.6 Å². The molecule has 0 radical (unpaired) electrons. The van der Waals surface area contributed by atoms with Gasteiger partial charge in [-0.1, -0.05) is 43.3 Å². The van der Waals surface area contributed by atoms with Gasteiger partial charge in [0.25, 0.3) is 0 Å². The first-order chi connectivity index (χ1) is 15.1. The van der Waals surface area contributed by atoms with Crippen LogP contribution in [0.25, 0.3) is 0 Å². The lowest BCUT2D eigenvalue weighted by molar-refractivity contribution is -0.116. The van der Waals surface area contributed by atoms with Crippen LogP contribution >= 0.6 is 11.3 Å². The predicted molar refractivity (Wildman–Crippen MR) is 120 cm³/mol.